The van der Waals surface area contributed by atoms with Crippen LogP contribution in [0, 0.1) is 0 Å². The number of hydrogen-bond acceptors (Lipinski definition) is 4. The molecule has 0 saturated carbocycles. The van der Waals surface area contributed by atoms with Crippen LogP contribution < -0.4 is 4.74 Å². The molecular weight excluding hydrogens is 240 g/mol. The lowest BCUT2D eigenvalue weighted by Crippen LogP contribution is -1.85. The zero-order valence-corrected chi connectivity index (χ0v) is 10.4. The fourth-order valence-corrected chi connectivity index (χ4v) is 1.75. The topological polar surface area (TPSA) is 51.8 Å². The summed E-state index contributed by atoms with van der Waals surface area (Å²) in [5.74, 6) is 0.546. The van der Waals surface area contributed by atoms with E-state index in [2.05, 4.69) is 15.0 Å². The van der Waals surface area contributed by atoms with E-state index in [1.807, 2.05) is 41.1 Å². The SMILES string of the molecule is COc1cc(/N=C/c2cn3ccccc3n2)ccn1. The molecule has 5 nitrogen and oxygen atoms in total. The van der Waals surface area contributed by atoms with Crippen LogP contribution >= 0.6 is 0 Å². The number of methoxy groups -OCH3 is 1. The van der Waals surface area contributed by atoms with Crippen molar-refractivity contribution < 1.29 is 4.74 Å². The summed E-state index contributed by atoms with van der Waals surface area (Å²) in [7, 11) is 1.58. The van der Waals surface area contributed by atoms with E-state index in [1.54, 1.807) is 25.6 Å². The maximum absolute atomic E-state index is 5.05. The third-order valence-corrected chi connectivity index (χ3v) is 2.66. The first-order valence-electron chi connectivity index (χ1n) is 5.83. The van der Waals surface area contributed by atoms with Crippen LogP contribution in [0.4, 0.5) is 5.69 Å². The number of imidazole rings is 1. The highest BCUT2D eigenvalue weighted by Crippen LogP contribution is 2.16. The van der Waals surface area contributed by atoms with E-state index in [9.17, 15) is 0 Å². The summed E-state index contributed by atoms with van der Waals surface area (Å²) in [5.41, 5.74) is 2.49. The maximum Gasteiger partial charge on any atom is 0.215 e. The summed E-state index contributed by atoms with van der Waals surface area (Å²) in [6, 6.07) is 9.45. The van der Waals surface area contributed by atoms with Gasteiger partial charge in [-0.05, 0) is 18.2 Å². The van der Waals surface area contributed by atoms with Gasteiger partial charge in [-0.25, -0.2) is 9.97 Å². The smallest absolute Gasteiger partial charge is 0.215 e. The first kappa shape index (κ1) is 11.4. The van der Waals surface area contributed by atoms with Crippen LogP contribution in [0.25, 0.3) is 5.65 Å². The van der Waals surface area contributed by atoms with Crippen molar-refractivity contribution in [3.8, 4) is 5.88 Å². The van der Waals surface area contributed by atoms with Gasteiger partial charge in [-0.2, -0.15) is 0 Å². The van der Waals surface area contributed by atoms with Crippen molar-refractivity contribution in [3.63, 3.8) is 0 Å². The molecule has 3 heterocycles. The largest absolute Gasteiger partial charge is 0.481 e. The molecule has 0 amide bonds. The number of rotatable bonds is 3. The minimum Gasteiger partial charge on any atom is -0.481 e. The van der Waals surface area contributed by atoms with Gasteiger partial charge in [-0.15, -0.1) is 0 Å². The van der Waals surface area contributed by atoms with Crippen molar-refractivity contribution in [2.75, 3.05) is 7.11 Å². The summed E-state index contributed by atoms with van der Waals surface area (Å²) < 4.78 is 7.00. The normalized spacial score (nSPS) is 11.2. The molecule has 0 aromatic carbocycles. The molecule has 0 aliphatic carbocycles. The molecule has 0 radical (unpaired) electrons. The van der Waals surface area contributed by atoms with Crippen molar-refractivity contribution in [2.45, 2.75) is 0 Å². The molecule has 0 bridgehead atoms. The fourth-order valence-electron chi connectivity index (χ4n) is 1.75. The van der Waals surface area contributed by atoms with E-state index in [0.717, 1.165) is 17.0 Å². The quantitative estimate of drug-likeness (QED) is 0.673. The summed E-state index contributed by atoms with van der Waals surface area (Å²) in [4.78, 5) is 12.8. The molecule has 19 heavy (non-hydrogen) atoms. The van der Waals surface area contributed by atoms with Gasteiger partial charge in [0.25, 0.3) is 0 Å². The lowest BCUT2D eigenvalue weighted by molar-refractivity contribution is 0.398. The fraction of sp³-hybridized carbons (Fsp3) is 0.0714. The van der Waals surface area contributed by atoms with Crippen LogP contribution in [-0.4, -0.2) is 27.7 Å². The highest BCUT2D eigenvalue weighted by Gasteiger charge is 1.98. The van der Waals surface area contributed by atoms with E-state index < -0.39 is 0 Å². The Bertz CT molecular complexity index is 700. The molecule has 0 saturated heterocycles. The van der Waals surface area contributed by atoms with E-state index in [0.29, 0.717) is 5.88 Å². The Balaban J connectivity index is 1.88. The van der Waals surface area contributed by atoms with E-state index >= 15 is 0 Å². The summed E-state index contributed by atoms with van der Waals surface area (Å²) >= 11 is 0. The standard InChI is InChI=1S/C14H12N4O/c1-19-14-8-11(5-6-15-14)16-9-12-10-18-7-3-2-4-13(18)17-12/h2-10H,1H3/b16-9+. The molecule has 0 N–H and O–H groups in total. The number of hydrogen-bond donors (Lipinski definition) is 0. The lowest BCUT2D eigenvalue weighted by atomic mass is 10.4. The van der Waals surface area contributed by atoms with Crippen LogP contribution in [0.1, 0.15) is 5.69 Å². The number of nitrogens with zero attached hydrogens (tertiary/aromatic N) is 4. The minimum atomic E-state index is 0.546. The molecule has 3 aromatic rings. The predicted octanol–water partition coefficient (Wildman–Crippen LogP) is 2.49. The lowest BCUT2D eigenvalue weighted by Gasteiger charge is -1.97. The van der Waals surface area contributed by atoms with Gasteiger partial charge in [0.15, 0.2) is 0 Å². The van der Waals surface area contributed by atoms with Gasteiger partial charge in [0, 0.05) is 24.7 Å². The Morgan fingerprint density at radius 1 is 1.32 bits per heavy atom. The van der Waals surface area contributed by atoms with E-state index in [1.165, 1.54) is 0 Å². The highest BCUT2D eigenvalue weighted by molar-refractivity contribution is 5.80. The Labute approximate surface area is 110 Å². The summed E-state index contributed by atoms with van der Waals surface area (Å²) in [5, 5.41) is 0. The molecule has 3 aromatic heterocycles. The van der Waals surface area contributed by atoms with Crippen LogP contribution in [0.3, 0.4) is 0 Å². The van der Waals surface area contributed by atoms with E-state index in [-0.39, 0.29) is 0 Å². The van der Waals surface area contributed by atoms with Gasteiger partial charge in [0.1, 0.15) is 11.3 Å². The van der Waals surface area contributed by atoms with Crippen LogP contribution in [0.2, 0.25) is 0 Å². The Kier molecular flexibility index (Phi) is 2.94. The zero-order chi connectivity index (χ0) is 13.1. The van der Waals surface area contributed by atoms with Crippen LogP contribution in [0.5, 0.6) is 5.88 Å². The van der Waals surface area contributed by atoms with Crippen LogP contribution in [0.15, 0.2) is 53.9 Å². The second-order valence-corrected chi connectivity index (χ2v) is 3.95. The van der Waals surface area contributed by atoms with Crippen molar-refractivity contribution in [2.24, 2.45) is 4.99 Å². The van der Waals surface area contributed by atoms with Crippen molar-refractivity contribution in [3.05, 3.63) is 54.6 Å². The molecule has 0 atom stereocenters. The van der Waals surface area contributed by atoms with Gasteiger partial charge >= 0.3 is 0 Å². The maximum atomic E-state index is 5.05. The number of ether oxygens (including phenoxy) is 1. The average molecular weight is 252 g/mol. The van der Waals surface area contributed by atoms with Gasteiger partial charge < -0.3 is 9.14 Å². The molecule has 0 fully saturated rings. The van der Waals surface area contributed by atoms with Gasteiger partial charge in [-0.3, -0.25) is 4.99 Å². The molecule has 0 aliphatic rings. The molecule has 94 valence electrons. The Morgan fingerprint density at radius 2 is 2.26 bits per heavy atom. The summed E-state index contributed by atoms with van der Waals surface area (Å²) in [6.07, 6.45) is 7.27. The number of aliphatic imine (C=N–C) groups is 1. The molecule has 5 heteroatoms. The van der Waals surface area contributed by atoms with Crippen molar-refractivity contribution >= 4 is 17.5 Å². The number of fused-ring (bicyclic) bond motifs is 1. The second kappa shape index (κ2) is 4.89. The average Bonchev–Trinajstić information content (AvgIpc) is 2.88. The second-order valence-electron chi connectivity index (χ2n) is 3.95. The van der Waals surface area contributed by atoms with E-state index in [4.69, 9.17) is 4.74 Å². The van der Waals surface area contributed by atoms with Crippen LogP contribution in [-0.2, 0) is 0 Å². The van der Waals surface area contributed by atoms with Gasteiger partial charge in [-0.1, -0.05) is 6.07 Å². The number of pyridine rings is 2. The first-order valence-corrected chi connectivity index (χ1v) is 5.83. The minimum absolute atomic E-state index is 0.546. The first-order chi connectivity index (χ1) is 9.35. The molecule has 0 unspecified atom stereocenters. The van der Waals surface area contributed by atoms with Crippen molar-refractivity contribution in [1.82, 2.24) is 14.4 Å². The predicted molar refractivity (Wildman–Crippen MR) is 73.2 cm³/mol. The monoisotopic (exact) mass is 252 g/mol. The Hall–Kier alpha value is -2.69. The third kappa shape index (κ3) is 2.44. The summed E-state index contributed by atoms with van der Waals surface area (Å²) in [6.45, 7) is 0. The Morgan fingerprint density at radius 3 is 3.11 bits per heavy atom. The van der Waals surface area contributed by atoms with Gasteiger partial charge in [0.2, 0.25) is 5.88 Å². The zero-order valence-electron chi connectivity index (χ0n) is 10.4. The molecule has 3 rings (SSSR count). The number of aromatic nitrogens is 3. The van der Waals surface area contributed by atoms with Gasteiger partial charge in [0.05, 0.1) is 19.0 Å². The highest BCUT2D eigenvalue weighted by atomic mass is 16.5. The van der Waals surface area contributed by atoms with Crippen molar-refractivity contribution in [1.29, 1.82) is 0 Å². The third-order valence-electron chi connectivity index (χ3n) is 2.66. The molecular formula is C14H12N4O. The molecule has 0 aliphatic heterocycles. The molecule has 0 spiro atoms.